The highest BCUT2D eigenvalue weighted by Gasteiger charge is 2.24. The van der Waals surface area contributed by atoms with Gasteiger partial charge < -0.3 is 19.9 Å². The first-order valence-electron chi connectivity index (χ1n) is 12.0. The van der Waals surface area contributed by atoms with Crippen molar-refractivity contribution in [3.63, 3.8) is 0 Å². The van der Waals surface area contributed by atoms with Gasteiger partial charge in [-0.2, -0.15) is 10.4 Å². The standard InChI is InChI=1S/C26H30ClN5O5/c1-2-21(37-25-18(7-5-8-19(25)27)20-10-11-24(34)32-31-20)26(35)30-14-13-29-23(33)12-15-36-22-9-4-3-6-17(22)16-28/h3-9,21,23,29,33H,2,10-15H2,1H3,(H,30,35)(H,32,34). The lowest BCUT2D eigenvalue weighted by molar-refractivity contribution is -0.128. The van der Waals surface area contributed by atoms with E-state index in [2.05, 4.69) is 27.2 Å². The fraction of sp³-hybridized carbons (Fsp3) is 0.385. The summed E-state index contributed by atoms with van der Waals surface area (Å²) < 4.78 is 11.6. The van der Waals surface area contributed by atoms with Gasteiger partial charge in [0.2, 0.25) is 5.91 Å². The predicted octanol–water partition coefficient (Wildman–Crippen LogP) is 2.48. The molecule has 0 saturated carbocycles. The smallest absolute Gasteiger partial charge is 0.261 e. The van der Waals surface area contributed by atoms with Gasteiger partial charge in [0, 0.05) is 37.9 Å². The van der Waals surface area contributed by atoms with Crippen LogP contribution in [0.25, 0.3) is 0 Å². The maximum absolute atomic E-state index is 12.8. The van der Waals surface area contributed by atoms with Crippen LogP contribution in [0.5, 0.6) is 11.5 Å². The SMILES string of the molecule is CCC(Oc1c(Cl)cccc1C1=NNC(=O)CC1)C(=O)NCCNC(O)CCOc1ccccc1C#N. The first-order valence-corrected chi connectivity index (χ1v) is 12.4. The van der Waals surface area contributed by atoms with Gasteiger partial charge in [-0.25, -0.2) is 5.43 Å². The number of hydrazone groups is 1. The van der Waals surface area contributed by atoms with Crippen molar-refractivity contribution in [2.75, 3.05) is 19.7 Å². The van der Waals surface area contributed by atoms with Crippen LogP contribution in [0.2, 0.25) is 5.02 Å². The van der Waals surface area contributed by atoms with E-state index in [-0.39, 0.29) is 25.0 Å². The summed E-state index contributed by atoms with van der Waals surface area (Å²) in [4.78, 5) is 24.2. The van der Waals surface area contributed by atoms with Gasteiger partial charge in [-0.05, 0) is 30.7 Å². The number of nitrogens with zero attached hydrogens (tertiary/aromatic N) is 2. The average Bonchev–Trinajstić information content (AvgIpc) is 2.91. The Labute approximate surface area is 220 Å². The topological polar surface area (TPSA) is 145 Å². The minimum Gasteiger partial charge on any atom is -0.492 e. The van der Waals surface area contributed by atoms with Crippen molar-refractivity contribution in [2.24, 2.45) is 5.10 Å². The first-order chi connectivity index (χ1) is 17.9. The molecule has 0 aromatic heterocycles. The summed E-state index contributed by atoms with van der Waals surface area (Å²) >= 11 is 6.38. The minimum absolute atomic E-state index is 0.158. The molecule has 2 unspecified atom stereocenters. The van der Waals surface area contributed by atoms with Gasteiger partial charge in [-0.1, -0.05) is 36.7 Å². The average molecular weight is 528 g/mol. The molecule has 4 N–H and O–H groups in total. The lowest BCUT2D eigenvalue weighted by atomic mass is 10.0. The van der Waals surface area contributed by atoms with Gasteiger partial charge in [0.1, 0.15) is 23.8 Å². The van der Waals surface area contributed by atoms with E-state index < -0.39 is 12.3 Å². The zero-order chi connectivity index (χ0) is 26.6. The summed E-state index contributed by atoms with van der Waals surface area (Å²) in [6.07, 6.45) is -0.191. The van der Waals surface area contributed by atoms with Crippen molar-refractivity contribution in [1.82, 2.24) is 16.1 Å². The van der Waals surface area contributed by atoms with Gasteiger partial charge in [0.05, 0.1) is 22.9 Å². The van der Waals surface area contributed by atoms with E-state index in [1.807, 2.05) is 6.92 Å². The maximum Gasteiger partial charge on any atom is 0.261 e. The van der Waals surface area contributed by atoms with Crippen LogP contribution >= 0.6 is 11.6 Å². The molecule has 10 nitrogen and oxygen atoms in total. The van der Waals surface area contributed by atoms with Crippen LogP contribution in [-0.2, 0) is 9.59 Å². The third-order valence-electron chi connectivity index (χ3n) is 5.57. The number of ether oxygens (including phenoxy) is 2. The van der Waals surface area contributed by atoms with E-state index in [9.17, 15) is 14.7 Å². The van der Waals surface area contributed by atoms with Crippen molar-refractivity contribution in [1.29, 1.82) is 5.26 Å². The lowest BCUT2D eigenvalue weighted by Crippen LogP contribution is -2.43. The summed E-state index contributed by atoms with van der Waals surface area (Å²) in [5, 5.41) is 29.4. The summed E-state index contributed by atoms with van der Waals surface area (Å²) in [5.74, 6) is 0.333. The Kier molecular flexibility index (Phi) is 10.7. The van der Waals surface area contributed by atoms with Crippen LogP contribution < -0.4 is 25.5 Å². The number of amides is 2. The van der Waals surface area contributed by atoms with Crippen LogP contribution in [-0.4, -0.2) is 54.7 Å². The highest BCUT2D eigenvalue weighted by Crippen LogP contribution is 2.32. The predicted molar refractivity (Wildman–Crippen MR) is 138 cm³/mol. The molecule has 196 valence electrons. The number of aliphatic hydroxyl groups is 1. The van der Waals surface area contributed by atoms with E-state index >= 15 is 0 Å². The maximum atomic E-state index is 12.8. The lowest BCUT2D eigenvalue weighted by Gasteiger charge is -2.22. The molecule has 0 bridgehead atoms. The number of benzene rings is 2. The summed E-state index contributed by atoms with van der Waals surface area (Å²) in [7, 11) is 0. The Bertz CT molecular complexity index is 1170. The molecule has 0 fully saturated rings. The van der Waals surface area contributed by atoms with Crippen LogP contribution in [0.3, 0.4) is 0 Å². The number of nitrogens with one attached hydrogen (secondary N) is 3. The van der Waals surface area contributed by atoms with E-state index in [4.69, 9.17) is 26.3 Å². The number of carbonyl (C=O) groups excluding carboxylic acids is 2. The molecule has 2 atom stereocenters. The Morgan fingerprint density at radius 2 is 2.05 bits per heavy atom. The van der Waals surface area contributed by atoms with Gasteiger partial charge in [0.15, 0.2) is 6.10 Å². The number of hydrogen-bond donors (Lipinski definition) is 4. The van der Waals surface area contributed by atoms with Gasteiger partial charge in [0.25, 0.3) is 5.91 Å². The Balaban J connectivity index is 1.45. The molecule has 0 saturated heterocycles. The molecule has 11 heteroatoms. The van der Waals surface area contributed by atoms with Crippen LogP contribution in [0.15, 0.2) is 47.6 Å². The molecule has 0 aliphatic carbocycles. The molecule has 1 aliphatic heterocycles. The van der Waals surface area contributed by atoms with Crippen LogP contribution in [0.1, 0.15) is 43.7 Å². The second-order valence-electron chi connectivity index (χ2n) is 8.23. The number of nitriles is 1. The normalized spacial score (nSPS) is 14.5. The molecule has 2 aromatic rings. The molecule has 1 heterocycles. The van der Waals surface area contributed by atoms with Gasteiger partial charge in [-0.15, -0.1) is 0 Å². The fourth-order valence-corrected chi connectivity index (χ4v) is 3.81. The summed E-state index contributed by atoms with van der Waals surface area (Å²) in [6.45, 7) is 2.64. The van der Waals surface area contributed by atoms with E-state index in [0.717, 1.165) is 0 Å². The zero-order valence-electron chi connectivity index (χ0n) is 20.5. The quantitative estimate of drug-likeness (QED) is 0.231. The van der Waals surface area contributed by atoms with Crippen molar-refractivity contribution in [3.8, 4) is 17.6 Å². The monoisotopic (exact) mass is 527 g/mol. The number of para-hydroxylation sites is 2. The van der Waals surface area contributed by atoms with E-state index in [1.165, 1.54) is 0 Å². The third kappa shape index (κ3) is 8.18. The molecule has 2 aromatic carbocycles. The largest absolute Gasteiger partial charge is 0.492 e. The van der Waals surface area contributed by atoms with Crippen LogP contribution in [0, 0.1) is 11.3 Å². The minimum atomic E-state index is -0.841. The number of halogens is 1. The highest BCUT2D eigenvalue weighted by atomic mass is 35.5. The second-order valence-corrected chi connectivity index (χ2v) is 8.64. The zero-order valence-corrected chi connectivity index (χ0v) is 21.3. The first kappa shape index (κ1) is 27.9. The Morgan fingerprint density at radius 1 is 1.24 bits per heavy atom. The van der Waals surface area contributed by atoms with Gasteiger partial charge >= 0.3 is 0 Å². The van der Waals surface area contributed by atoms with Crippen molar-refractivity contribution in [2.45, 2.75) is 44.9 Å². The molecule has 1 aliphatic rings. The highest BCUT2D eigenvalue weighted by molar-refractivity contribution is 6.32. The molecule has 0 radical (unpaired) electrons. The number of hydrogen-bond acceptors (Lipinski definition) is 8. The molecule has 2 amide bonds. The van der Waals surface area contributed by atoms with Gasteiger partial charge in [-0.3, -0.25) is 14.9 Å². The van der Waals surface area contributed by atoms with E-state index in [1.54, 1.807) is 42.5 Å². The molecule has 0 spiro atoms. The molecule has 3 rings (SSSR count). The van der Waals surface area contributed by atoms with Crippen molar-refractivity contribution in [3.05, 3.63) is 58.6 Å². The summed E-state index contributed by atoms with van der Waals surface area (Å²) in [6, 6.07) is 14.2. The van der Waals surface area contributed by atoms with E-state index in [0.29, 0.717) is 65.6 Å². The Hall–Kier alpha value is -3.65. The molecular weight excluding hydrogens is 498 g/mol. The second kappa shape index (κ2) is 14.2. The number of carbonyl (C=O) groups is 2. The van der Waals surface area contributed by atoms with Crippen molar-refractivity contribution < 1.29 is 24.2 Å². The van der Waals surface area contributed by atoms with Crippen molar-refractivity contribution >= 4 is 29.1 Å². The third-order valence-corrected chi connectivity index (χ3v) is 5.86. The summed E-state index contributed by atoms with van der Waals surface area (Å²) in [5.41, 5.74) is 4.15. The molecular formula is C26H30ClN5O5. The fourth-order valence-electron chi connectivity index (χ4n) is 3.59. The van der Waals surface area contributed by atoms with Crippen LogP contribution in [0.4, 0.5) is 0 Å². The Morgan fingerprint density at radius 3 is 2.78 bits per heavy atom. The number of aliphatic hydroxyl groups excluding tert-OH is 1. The molecule has 37 heavy (non-hydrogen) atoms. The number of rotatable bonds is 13.